The van der Waals surface area contributed by atoms with E-state index in [0.29, 0.717) is 5.69 Å². The zero-order valence-corrected chi connectivity index (χ0v) is 19.8. The number of methoxy groups -OCH3 is 1. The number of sulfonamides is 1. The molecule has 0 heterocycles. The highest BCUT2D eigenvalue weighted by molar-refractivity contribution is 9.10. The first-order chi connectivity index (χ1) is 15.2. The Morgan fingerprint density at radius 2 is 1.59 bits per heavy atom. The van der Waals surface area contributed by atoms with Crippen LogP contribution in [0.5, 0.6) is 0 Å². The molecule has 0 spiro atoms. The van der Waals surface area contributed by atoms with Crippen molar-refractivity contribution in [3.63, 3.8) is 0 Å². The third-order valence-electron chi connectivity index (χ3n) is 4.62. The van der Waals surface area contributed by atoms with Crippen LogP contribution in [-0.4, -0.2) is 33.9 Å². The van der Waals surface area contributed by atoms with Gasteiger partial charge in [0.2, 0.25) is 5.91 Å². The van der Waals surface area contributed by atoms with Crippen molar-refractivity contribution >= 4 is 49.2 Å². The molecule has 0 saturated carbocycles. The monoisotopic (exact) mass is 516 g/mol. The van der Waals surface area contributed by atoms with Crippen molar-refractivity contribution in [1.82, 2.24) is 0 Å². The van der Waals surface area contributed by atoms with Crippen molar-refractivity contribution in [3.05, 3.63) is 88.4 Å². The second-order valence-corrected chi connectivity index (χ2v) is 9.66. The molecule has 0 saturated heterocycles. The van der Waals surface area contributed by atoms with E-state index < -0.39 is 28.4 Å². The number of anilines is 2. The molecule has 1 amide bonds. The van der Waals surface area contributed by atoms with Crippen LogP contribution >= 0.6 is 15.9 Å². The number of rotatable bonds is 7. The van der Waals surface area contributed by atoms with Gasteiger partial charge in [-0.15, -0.1) is 0 Å². The Labute approximate surface area is 195 Å². The van der Waals surface area contributed by atoms with Gasteiger partial charge in [0.1, 0.15) is 6.54 Å². The highest BCUT2D eigenvalue weighted by Crippen LogP contribution is 2.26. The summed E-state index contributed by atoms with van der Waals surface area (Å²) in [7, 11) is -2.80. The molecule has 7 nitrogen and oxygen atoms in total. The van der Waals surface area contributed by atoms with Crippen LogP contribution in [0.4, 0.5) is 11.4 Å². The van der Waals surface area contributed by atoms with Gasteiger partial charge in [0.15, 0.2) is 0 Å². The number of esters is 1. The summed E-state index contributed by atoms with van der Waals surface area (Å²) in [5.41, 5.74) is 1.63. The van der Waals surface area contributed by atoms with E-state index in [-0.39, 0.29) is 16.1 Å². The van der Waals surface area contributed by atoms with E-state index in [1.165, 1.54) is 25.3 Å². The number of nitrogens with one attached hydrogen (secondary N) is 1. The molecule has 0 fully saturated rings. The Balaban J connectivity index is 1.95. The smallest absolute Gasteiger partial charge is 0.339 e. The Morgan fingerprint density at radius 3 is 2.22 bits per heavy atom. The van der Waals surface area contributed by atoms with Crippen molar-refractivity contribution in [2.75, 3.05) is 23.3 Å². The fourth-order valence-electron chi connectivity index (χ4n) is 2.96. The lowest BCUT2D eigenvalue weighted by Crippen LogP contribution is -2.38. The highest BCUT2D eigenvalue weighted by Gasteiger charge is 2.27. The van der Waals surface area contributed by atoms with Gasteiger partial charge in [0.25, 0.3) is 10.0 Å². The summed E-state index contributed by atoms with van der Waals surface area (Å²) in [5, 5.41) is 2.61. The molecular formula is C23H21BrN2O5S. The third-order valence-corrected chi connectivity index (χ3v) is 6.93. The number of carbonyl (C=O) groups is 2. The second-order valence-electron chi connectivity index (χ2n) is 6.89. The van der Waals surface area contributed by atoms with E-state index in [1.54, 1.807) is 54.6 Å². The molecule has 0 radical (unpaired) electrons. The van der Waals surface area contributed by atoms with Gasteiger partial charge in [-0.3, -0.25) is 9.10 Å². The minimum Gasteiger partial charge on any atom is -0.465 e. The number of hydrogen-bond acceptors (Lipinski definition) is 5. The first-order valence-corrected chi connectivity index (χ1v) is 11.8. The average Bonchev–Trinajstić information content (AvgIpc) is 2.78. The number of ether oxygens (including phenoxy) is 1. The number of carbonyl (C=O) groups excluding carboxylic acids is 2. The van der Waals surface area contributed by atoms with Gasteiger partial charge < -0.3 is 10.1 Å². The van der Waals surface area contributed by atoms with Gasteiger partial charge >= 0.3 is 5.97 Å². The average molecular weight is 517 g/mol. The Kier molecular flexibility index (Phi) is 7.32. The summed E-state index contributed by atoms with van der Waals surface area (Å²) in [6.07, 6.45) is 0. The lowest BCUT2D eigenvalue weighted by molar-refractivity contribution is -0.114. The second kappa shape index (κ2) is 9.97. The first-order valence-electron chi connectivity index (χ1n) is 9.54. The molecule has 1 N–H and O–H groups in total. The predicted molar refractivity (Wildman–Crippen MR) is 126 cm³/mol. The summed E-state index contributed by atoms with van der Waals surface area (Å²) in [4.78, 5) is 24.9. The molecule has 3 aromatic carbocycles. The van der Waals surface area contributed by atoms with E-state index in [0.717, 1.165) is 14.3 Å². The molecule has 0 unspecified atom stereocenters. The van der Waals surface area contributed by atoms with E-state index >= 15 is 0 Å². The first kappa shape index (κ1) is 23.5. The number of nitrogens with zero attached hydrogens (tertiary/aromatic N) is 1. The molecular weight excluding hydrogens is 496 g/mol. The number of hydrogen-bond donors (Lipinski definition) is 1. The topological polar surface area (TPSA) is 92.8 Å². The lowest BCUT2D eigenvalue weighted by atomic mass is 10.2. The number of amides is 1. The normalized spacial score (nSPS) is 11.0. The minimum absolute atomic E-state index is 0.0637. The van der Waals surface area contributed by atoms with Crippen molar-refractivity contribution in [1.29, 1.82) is 0 Å². The van der Waals surface area contributed by atoms with Crippen LogP contribution in [0.3, 0.4) is 0 Å². The molecule has 166 valence electrons. The van der Waals surface area contributed by atoms with Crippen molar-refractivity contribution < 1.29 is 22.7 Å². The minimum atomic E-state index is -4.04. The molecule has 0 aliphatic carbocycles. The standard InChI is InChI=1S/C23H21BrN2O5S/c1-16-7-13-19(14-8-16)32(29,30)26(18-11-9-17(24)10-12-18)15-22(27)25-21-6-4-3-5-20(21)23(28)31-2/h3-14H,15H2,1-2H3,(H,25,27). The molecule has 9 heteroatoms. The Morgan fingerprint density at radius 1 is 0.969 bits per heavy atom. The molecule has 3 aromatic rings. The Bertz CT molecular complexity index is 1230. The van der Waals surface area contributed by atoms with Gasteiger partial charge in [-0.05, 0) is 55.5 Å². The fraction of sp³-hybridized carbons (Fsp3) is 0.130. The maximum Gasteiger partial charge on any atom is 0.339 e. The predicted octanol–water partition coefficient (Wildman–Crippen LogP) is 4.38. The summed E-state index contributed by atoms with van der Waals surface area (Å²) < 4.78 is 33.3. The number of halogens is 1. The van der Waals surface area contributed by atoms with E-state index in [1.807, 2.05) is 6.92 Å². The van der Waals surface area contributed by atoms with Crippen molar-refractivity contribution in [2.45, 2.75) is 11.8 Å². The Hall–Kier alpha value is -3.17. The van der Waals surface area contributed by atoms with Crippen molar-refractivity contribution in [3.8, 4) is 0 Å². The van der Waals surface area contributed by atoms with Gasteiger partial charge in [-0.2, -0.15) is 0 Å². The molecule has 0 bridgehead atoms. The van der Waals surface area contributed by atoms with Gasteiger partial charge in [-0.25, -0.2) is 13.2 Å². The van der Waals surface area contributed by atoms with Crippen LogP contribution in [0.1, 0.15) is 15.9 Å². The molecule has 0 aromatic heterocycles. The largest absolute Gasteiger partial charge is 0.465 e. The zero-order valence-electron chi connectivity index (χ0n) is 17.4. The highest BCUT2D eigenvalue weighted by atomic mass is 79.9. The van der Waals surface area contributed by atoms with E-state index in [9.17, 15) is 18.0 Å². The molecule has 0 aliphatic rings. The number of benzene rings is 3. The maximum atomic E-state index is 13.4. The number of aryl methyl sites for hydroxylation is 1. The van der Waals surface area contributed by atoms with E-state index in [4.69, 9.17) is 4.74 Å². The molecule has 0 aliphatic heterocycles. The quantitative estimate of drug-likeness (QED) is 0.470. The molecule has 0 atom stereocenters. The van der Waals surface area contributed by atoms with E-state index in [2.05, 4.69) is 21.2 Å². The van der Waals surface area contributed by atoms with Gasteiger partial charge in [-0.1, -0.05) is 45.8 Å². The zero-order chi connectivity index (χ0) is 23.3. The van der Waals surface area contributed by atoms with Gasteiger partial charge in [0, 0.05) is 4.47 Å². The lowest BCUT2D eigenvalue weighted by Gasteiger charge is -2.24. The van der Waals surface area contributed by atoms with Gasteiger partial charge in [0.05, 0.1) is 28.9 Å². The van der Waals surface area contributed by atoms with Crippen LogP contribution in [0, 0.1) is 6.92 Å². The number of para-hydroxylation sites is 1. The van der Waals surface area contributed by atoms with Crippen LogP contribution < -0.4 is 9.62 Å². The summed E-state index contributed by atoms with van der Waals surface area (Å²) in [5.74, 6) is -1.22. The van der Waals surface area contributed by atoms with Crippen LogP contribution in [-0.2, 0) is 19.6 Å². The molecule has 3 rings (SSSR count). The summed E-state index contributed by atoms with van der Waals surface area (Å²) >= 11 is 3.33. The molecule has 32 heavy (non-hydrogen) atoms. The van der Waals surface area contributed by atoms with Crippen LogP contribution in [0.25, 0.3) is 0 Å². The maximum absolute atomic E-state index is 13.4. The third kappa shape index (κ3) is 5.35. The summed E-state index contributed by atoms with van der Waals surface area (Å²) in [6.45, 7) is 1.36. The fourth-order valence-corrected chi connectivity index (χ4v) is 4.65. The summed E-state index contributed by atoms with van der Waals surface area (Å²) in [6, 6.07) is 19.3. The van der Waals surface area contributed by atoms with Crippen LogP contribution in [0.2, 0.25) is 0 Å². The SMILES string of the molecule is COC(=O)c1ccccc1NC(=O)CN(c1ccc(Br)cc1)S(=O)(=O)c1ccc(C)cc1. The van der Waals surface area contributed by atoms with Crippen molar-refractivity contribution in [2.24, 2.45) is 0 Å². The van der Waals surface area contributed by atoms with Crippen LogP contribution in [0.15, 0.2) is 82.2 Å².